The van der Waals surface area contributed by atoms with Crippen LogP contribution in [0.3, 0.4) is 0 Å². The first-order valence-electron chi connectivity index (χ1n) is 9.60. The second kappa shape index (κ2) is 7.06. The Balaban J connectivity index is 1.37. The number of hydrogen-bond acceptors (Lipinski definition) is 7. The standard InChI is InChI=1S/C20H20N2O7/c1-10(21-18(24)16-12-2-3-13(8-12)17(16)19(21)25)20(26)29-9-15(23)11-4-6-14(7-5-11)22(27)28/h4-7,10,12-13,16-17H,2-3,8-9H2,1H3/t10-,12+,13+,16-,17+/m1/s1. The number of esters is 1. The minimum absolute atomic E-state index is 0.155. The summed E-state index contributed by atoms with van der Waals surface area (Å²) >= 11 is 0. The predicted octanol–water partition coefficient (Wildman–Crippen LogP) is 1.74. The van der Waals surface area contributed by atoms with Crippen molar-refractivity contribution in [1.29, 1.82) is 0 Å². The van der Waals surface area contributed by atoms with Crippen LogP contribution in [0, 0.1) is 33.8 Å². The number of imide groups is 1. The molecule has 0 aromatic heterocycles. The average molecular weight is 400 g/mol. The second-order valence-corrected chi connectivity index (χ2v) is 7.94. The lowest BCUT2D eigenvalue weighted by Crippen LogP contribution is -2.45. The molecule has 9 nitrogen and oxygen atoms in total. The number of amides is 2. The third-order valence-electron chi connectivity index (χ3n) is 6.44. The molecule has 0 radical (unpaired) electrons. The summed E-state index contributed by atoms with van der Waals surface area (Å²) in [6.07, 6.45) is 2.80. The van der Waals surface area contributed by atoms with Crippen LogP contribution in [0.2, 0.25) is 0 Å². The molecule has 0 spiro atoms. The Morgan fingerprint density at radius 2 is 1.69 bits per heavy atom. The molecule has 4 rings (SSSR count). The van der Waals surface area contributed by atoms with Gasteiger partial charge in [-0.2, -0.15) is 0 Å². The molecule has 2 amide bonds. The zero-order valence-corrected chi connectivity index (χ0v) is 15.8. The third-order valence-corrected chi connectivity index (χ3v) is 6.44. The van der Waals surface area contributed by atoms with Gasteiger partial charge in [-0.1, -0.05) is 0 Å². The SMILES string of the molecule is C[C@H](C(=O)OCC(=O)c1ccc([N+](=O)[O-])cc1)N1C(=O)[C@@H]2[C@H]3CC[C@@H](C3)[C@@H]2C1=O. The van der Waals surface area contributed by atoms with Crippen molar-refractivity contribution in [3.8, 4) is 0 Å². The number of hydrogen-bond donors (Lipinski definition) is 0. The molecule has 1 heterocycles. The van der Waals surface area contributed by atoms with Crippen LogP contribution in [0.4, 0.5) is 5.69 Å². The van der Waals surface area contributed by atoms with Crippen molar-refractivity contribution in [1.82, 2.24) is 4.90 Å². The summed E-state index contributed by atoms with van der Waals surface area (Å²) in [5.74, 6) is -2.17. The first kappa shape index (κ1) is 19.2. The zero-order chi connectivity index (χ0) is 20.9. The van der Waals surface area contributed by atoms with Crippen molar-refractivity contribution in [3.63, 3.8) is 0 Å². The van der Waals surface area contributed by atoms with E-state index < -0.39 is 29.3 Å². The Hall–Kier alpha value is -3.10. The molecule has 1 aromatic rings. The van der Waals surface area contributed by atoms with Gasteiger partial charge in [0.2, 0.25) is 11.8 Å². The summed E-state index contributed by atoms with van der Waals surface area (Å²) in [5, 5.41) is 10.7. The first-order valence-corrected chi connectivity index (χ1v) is 9.60. The Bertz CT molecular complexity index is 882. The quantitative estimate of drug-likeness (QED) is 0.234. The van der Waals surface area contributed by atoms with Crippen LogP contribution in [0.1, 0.15) is 36.5 Å². The van der Waals surface area contributed by atoms with Gasteiger partial charge in [0.25, 0.3) is 5.69 Å². The monoisotopic (exact) mass is 400 g/mol. The van der Waals surface area contributed by atoms with Gasteiger partial charge in [0.05, 0.1) is 16.8 Å². The number of rotatable bonds is 6. The fourth-order valence-electron chi connectivity index (χ4n) is 5.03. The van der Waals surface area contributed by atoms with Gasteiger partial charge in [-0.15, -0.1) is 0 Å². The first-order chi connectivity index (χ1) is 13.8. The molecule has 2 aliphatic carbocycles. The Morgan fingerprint density at radius 1 is 1.14 bits per heavy atom. The minimum Gasteiger partial charge on any atom is -0.456 e. The predicted molar refractivity (Wildman–Crippen MR) is 97.5 cm³/mol. The maximum atomic E-state index is 12.8. The molecule has 2 saturated carbocycles. The van der Waals surface area contributed by atoms with E-state index in [4.69, 9.17) is 4.74 Å². The van der Waals surface area contributed by atoms with Crippen molar-refractivity contribution in [2.45, 2.75) is 32.2 Å². The maximum Gasteiger partial charge on any atom is 0.329 e. The number of Topliss-reactive ketones (excluding diaryl/α,β-unsaturated/α-hetero) is 1. The minimum atomic E-state index is -1.09. The van der Waals surface area contributed by atoms with E-state index in [0.29, 0.717) is 0 Å². The molecule has 29 heavy (non-hydrogen) atoms. The molecule has 2 bridgehead atoms. The van der Waals surface area contributed by atoms with E-state index in [1.54, 1.807) is 0 Å². The van der Waals surface area contributed by atoms with Crippen LogP contribution in [0.5, 0.6) is 0 Å². The highest BCUT2D eigenvalue weighted by atomic mass is 16.6. The highest BCUT2D eigenvalue weighted by Crippen LogP contribution is 2.56. The van der Waals surface area contributed by atoms with E-state index in [-0.39, 0.29) is 46.7 Å². The number of ketones is 1. The van der Waals surface area contributed by atoms with Gasteiger partial charge in [-0.05, 0) is 50.2 Å². The second-order valence-electron chi connectivity index (χ2n) is 7.94. The molecule has 1 aromatic carbocycles. The van der Waals surface area contributed by atoms with Crippen LogP contribution >= 0.6 is 0 Å². The molecular formula is C20H20N2O7. The zero-order valence-electron chi connectivity index (χ0n) is 15.8. The maximum absolute atomic E-state index is 12.8. The fraction of sp³-hybridized carbons (Fsp3) is 0.500. The number of nitrogens with zero attached hydrogens (tertiary/aromatic N) is 2. The third kappa shape index (κ3) is 3.10. The average Bonchev–Trinajstić information content (AvgIpc) is 3.39. The Kier molecular flexibility index (Phi) is 4.68. The van der Waals surface area contributed by atoms with Crippen molar-refractivity contribution in [2.75, 3.05) is 6.61 Å². The van der Waals surface area contributed by atoms with Gasteiger partial charge in [-0.25, -0.2) is 4.79 Å². The van der Waals surface area contributed by atoms with E-state index >= 15 is 0 Å². The number of nitro benzene ring substituents is 1. The number of carbonyl (C=O) groups is 4. The molecular weight excluding hydrogens is 380 g/mol. The van der Waals surface area contributed by atoms with Crippen molar-refractivity contribution in [3.05, 3.63) is 39.9 Å². The molecule has 0 unspecified atom stereocenters. The number of ether oxygens (including phenoxy) is 1. The van der Waals surface area contributed by atoms with Crippen LogP contribution in [0.15, 0.2) is 24.3 Å². The molecule has 3 fully saturated rings. The molecule has 9 heteroatoms. The summed E-state index contributed by atoms with van der Waals surface area (Å²) in [6.45, 7) is 0.854. The number of non-ortho nitro benzene ring substituents is 1. The number of benzene rings is 1. The van der Waals surface area contributed by atoms with E-state index in [2.05, 4.69) is 0 Å². The molecule has 0 N–H and O–H groups in total. The molecule has 3 aliphatic rings. The smallest absolute Gasteiger partial charge is 0.329 e. The normalized spacial score (nSPS) is 28.4. The van der Waals surface area contributed by atoms with Crippen molar-refractivity contribution < 1.29 is 28.8 Å². The van der Waals surface area contributed by atoms with Crippen LogP contribution in [-0.2, 0) is 19.1 Å². The highest BCUT2D eigenvalue weighted by Gasteiger charge is 2.62. The van der Waals surface area contributed by atoms with Crippen LogP contribution in [-0.4, -0.2) is 46.0 Å². The Labute approximate surface area is 166 Å². The lowest BCUT2D eigenvalue weighted by Gasteiger charge is -2.22. The summed E-state index contributed by atoms with van der Waals surface area (Å²) in [7, 11) is 0. The Morgan fingerprint density at radius 3 is 2.21 bits per heavy atom. The summed E-state index contributed by atoms with van der Waals surface area (Å²) in [5.41, 5.74) is 0.00762. The van der Waals surface area contributed by atoms with Gasteiger partial charge < -0.3 is 4.74 Å². The molecule has 1 aliphatic heterocycles. The number of carbonyl (C=O) groups excluding carboxylic acids is 4. The number of likely N-dealkylation sites (tertiary alicyclic amines) is 1. The molecule has 152 valence electrons. The van der Waals surface area contributed by atoms with E-state index in [9.17, 15) is 29.3 Å². The fourth-order valence-corrected chi connectivity index (χ4v) is 5.03. The van der Waals surface area contributed by atoms with Gasteiger partial charge >= 0.3 is 5.97 Å². The van der Waals surface area contributed by atoms with Crippen LogP contribution in [0.25, 0.3) is 0 Å². The largest absolute Gasteiger partial charge is 0.456 e. The highest BCUT2D eigenvalue weighted by molar-refractivity contribution is 6.08. The van der Waals surface area contributed by atoms with Gasteiger partial charge in [0.1, 0.15) is 6.04 Å². The summed E-state index contributed by atoms with van der Waals surface area (Å²) in [6, 6.07) is 3.84. The number of fused-ring (bicyclic) bond motifs is 5. The van der Waals surface area contributed by atoms with Gasteiger partial charge in [0, 0.05) is 17.7 Å². The van der Waals surface area contributed by atoms with E-state index in [1.807, 2.05) is 0 Å². The van der Waals surface area contributed by atoms with Crippen molar-refractivity contribution >= 4 is 29.3 Å². The van der Waals surface area contributed by atoms with Crippen molar-refractivity contribution in [2.24, 2.45) is 23.7 Å². The summed E-state index contributed by atoms with van der Waals surface area (Å²) in [4.78, 5) is 61.2. The summed E-state index contributed by atoms with van der Waals surface area (Å²) < 4.78 is 5.03. The van der Waals surface area contributed by atoms with Gasteiger partial charge in [-0.3, -0.25) is 29.4 Å². The topological polar surface area (TPSA) is 124 Å². The lowest BCUT2D eigenvalue weighted by atomic mass is 9.81. The molecule has 1 saturated heterocycles. The lowest BCUT2D eigenvalue weighted by molar-refractivity contribution is -0.384. The van der Waals surface area contributed by atoms with Gasteiger partial charge in [0.15, 0.2) is 12.4 Å². The molecule has 5 atom stereocenters. The van der Waals surface area contributed by atoms with E-state index in [1.165, 1.54) is 31.2 Å². The number of nitro groups is 1. The van der Waals surface area contributed by atoms with E-state index in [0.717, 1.165) is 24.2 Å². The van der Waals surface area contributed by atoms with Crippen LogP contribution < -0.4 is 0 Å².